The molecule has 0 spiro atoms. The third-order valence-corrected chi connectivity index (χ3v) is 4.87. The molecule has 1 aliphatic heterocycles. The van der Waals surface area contributed by atoms with Gasteiger partial charge in [-0.2, -0.15) is 11.8 Å². The number of hydrogen-bond donors (Lipinski definition) is 1. The van der Waals surface area contributed by atoms with E-state index in [9.17, 15) is 0 Å². The number of benzene rings is 1. The minimum Gasteiger partial charge on any atom is -0.420 e. The summed E-state index contributed by atoms with van der Waals surface area (Å²) in [5.74, 6) is 4.01. The molecule has 0 radical (unpaired) electrons. The van der Waals surface area contributed by atoms with Crippen LogP contribution in [-0.2, 0) is 5.75 Å². The Balaban J connectivity index is 1.61. The maximum Gasteiger partial charge on any atom is 0.248 e. The molecule has 2 heterocycles. The average Bonchev–Trinajstić information content (AvgIpc) is 2.81. The fourth-order valence-corrected chi connectivity index (χ4v) is 3.27. The molecule has 1 fully saturated rings. The lowest BCUT2D eigenvalue weighted by Gasteiger charge is -2.26. The Bertz CT molecular complexity index is 556. The summed E-state index contributed by atoms with van der Waals surface area (Å²) in [6, 6.07) is 7.86. The minimum atomic E-state index is 0.577. The van der Waals surface area contributed by atoms with Gasteiger partial charge in [0.1, 0.15) is 0 Å². The number of halogens is 1. The highest BCUT2D eigenvalue weighted by atomic mass is 79.9. The molecule has 2 aromatic rings. The molecule has 3 rings (SSSR count). The molecule has 1 aromatic carbocycles. The molecule has 1 N–H and O–H groups in total. The van der Waals surface area contributed by atoms with Gasteiger partial charge in [0.15, 0.2) is 0 Å². The van der Waals surface area contributed by atoms with E-state index in [0.29, 0.717) is 11.8 Å². The van der Waals surface area contributed by atoms with Gasteiger partial charge in [0, 0.05) is 4.47 Å². The number of rotatable bonds is 5. The van der Waals surface area contributed by atoms with Crippen LogP contribution in [0.1, 0.15) is 5.89 Å². The van der Waals surface area contributed by atoms with Crippen molar-refractivity contribution >= 4 is 27.7 Å². The topological polar surface area (TPSA) is 51.0 Å². The third kappa shape index (κ3) is 3.19. The molecule has 4 nitrogen and oxygen atoms in total. The quantitative estimate of drug-likeness (QED) is 0.907. The van der Waals surface area contributed by atoms with E-state index >= 15 is 0 Å². The first kappa shape index (κ1) is 13.1. The first-order chi connectivity index (χ1) is 9.33. The van der Waals surface area contributed by atoms with Gasteiger partial charge in [-0.3, -0.25) is 0 Å². The zero-order valence-electron chi connectivity index (χ0n) is 10.3. The highest BCUT2D eigenvalue weighted by Gasteiger charge is 2.17. The Morgan fingerprint density at radius 2 is 2.16 bits per heavy atom. The Morgan fingerprint density at radius 1 is 1.32 bits per heavy atom. The van der Waals surface area contributed by atoms with Crippen molar-refractivity contribution in [1.82, 2.24) is 15.5 Å². The zero-order chi connectivity index (χ0) is 13.1. The lowest BCUT2D eigenvalue weighted by Crippen LogP contribution is -2.43. The molecule has 0 atom stereocenters. The summed E-state index contributed by atoms with van der Waals surface area (Å²) in [5.41, 5.74) is 0.939. The van der Waals surface area contributed by atoms with Crippen molar-refractivity contribution in [2.45, 2.75) is 5.75 Å². The predicted octanol–water partition coefficient (Wildman–Crippen LogP) is 2.95. The standard InChI is InChI=1S/C13H14BrN3OS/c14-11-4-2-1-3-10(11)13-17-16-12(18-13)8-19-7-9-5-15-6-9/h1-4,9,15H,5-8H2. The molecule has 0 amide bonds. The summed E-state index contributed by atoms with van der Waals surface area (Å²) >= 11 is 5.35. The van der Waals surface area contributed by atoms with E-state index in [1.807, 2.05) is 36.0 Å². The van der Waals surface area contributed by atoms with Crippen LogP contribution >= 0.6 is 27.7 Å². The zero-order valence-corrected chi connectivity index (χ0v) is 12.7. The van der Waals surface area contributed by atoms with E-state index in [0.717, 1.165) is 40.5 Å². The van der Waals surface area contributed by atoms with Gasteiger partial charge in [-0.1, -0.05) is 12.1 Å². The molecular weight excluding hydrogens is 326 g/mol. The van der Waals surface area contributed by atoms with Crippen LogP contribution in [0.3, 0.4) is 0 Å². The largest absolute Gasteiger partial charge is 0.420 e. The highest BCUT2D eigenvalue weighted by Crippen LogP contribution is 2.27. The predicted molar refractivity (Wildman–Crippen MR) is 80.0 cm³/mol. The fourth-order valence-electron chi connectivity index (χ4n) is 1.83. The average molecular weight is 340 g/mol. The minimum absolute atomic E-state index is 0.577. The Labute approximate surface area is 124 Å². The lowest BCUT2D eigenvalue weighted by atomic mass is 10.1. The number of aromatic nitrogens is 2. The Kier molecular flexibility index (Phi) is 4.20. The highest BCUT2D eigenvalue weighted by molar-refractivity contribution is 9.10. The molecule has 6 heteroatoms. The molecule has 100 valence electrons. The smallest absolute Gasteiger partial charge is 0.248 e. The van der Waals surface area contributed by atoms with Gasteiger partial charge in [0.05, 0.1) is 11.3 Å². The van der Waals surface area contributed by atoms with Gasteiger partial charge in [0.25, 0.3) is 0 Å². The van der Waals surface area contributed by atoms with Crippen molar-refractivity contribution in [3.05, 3.63) is 34.6 Å². The van der Waals surface area contributed by atoms with Crippen LogP contribution in [0.2, 0.25) is 0 Å². The van der Waals surface area contributed by atoms with E-state index in [-0.39, 0.29) is 0 Å². The first-order valence-electron chi connectivity index (χ1n) is 6.18. The van der Waals surface area contributed by atoms with Crippen LogP contribution in [-0.4, -0.2) is 29.0 Å². The van der Waals surface area contributed by atoms with Gasteiger partial charge in [-0.05, 0) is 52.8 Å². The van der Waals surface area contributed by atoms with E-state index in [1.165, 1.54) is 0 Å². The Morgan fingerprint density at radius 3 is 2.89 bits per heavy atom. The van der Waals surface area contributed by atoms with Crippen molar-refractivity contribution in [3.8, 4) is 11.5 Å². The van der Waals surface area contributed by atoms with Crippen LogP contribution in [0, 0.1) is 5.92 Å². The van der Waals surface area contributed by atoms with Crippen molar-refractivity contribution in [3.63, 3.8) is 0 Å². The van der Waals surface area contributed by atoms with Crippen molar-refractivity contribution < 1.29 is 4.42 Å². The van der Waals surface area contributed by atoms with Crippen LogP contribution < -0.4 is 5.32 Å². The summed E-state index contributed by atoms with van der Waals surface area (Å²) in [7, 11) is 0. The van der Waals surface area contributed by atoms with Crippen LogP contribution in [0.25, 0.3) is 11.5 Å². The number of hydrogen-bond acceptors (Lipinski definition) is 5. The summed E-state index contributed by atoms with van der Waals surface area (Å²) < 4.78 is 6.67. The molecule has 0 unspecified atom stereocenters. The Hall–Kier alpha value is -0.850. The van der Waals surface area contributed by atoms with Crippen molar-refractivity contribution in [1.29, 1.82) is 0 Å². The molecule has 1 saturated heterocycles. The second-order valence-electron chi connectivity index (χ2n) is 4.52. The van der Waals surface area contributed by atoms with E-state index in [2.05, 4.69) is 31.4 Å². The van der Waals surface area contributed by atoms with Crippen molar-refractivity contribution in [2.24, 2.45) is 5.92 Å². The van der Waals surface area contributed by atoms with Gasteiger partial charge >= 0.3 is 0 Å². The van der Waals surface area contributed by atoms with Crippen LogP contribution in [0.15, 0.2) is 33.2 Å². The van der Waals surface area contributed by atoms with Gasteiger partial charge in [0.2, 0.25) is 11.8 Å². The monoisotopic (exact) mass is 339 g/mol. The van der Waals surface area contributed by atoms with Gasteiger partial charge < -0.3 is 9.73 Å². The summed E-state index contributed by atoms with van der Waals surface area (Å²) in [5, 5.41) is 11.5. The van der Waals surface area contributed by atoms with Gasteiger partial charge in [-0.15, -0.1) is 10.2 Å². The molecule has 0 bridgehead atoms. The normalized spacial score (nSPS) is 15.4. The number of thioether (sulfide) groups is 1. The molecule has 1 aliphatic rings. The van der Waals surface area contributed by atoms with Gasteiger partial charge in [-0.25, -0.2) is 0 Å². The fraction of sp³-hybridized carbons (Fsp3) is 0.385. The van der Waals surface area contributed by atoms with Crippen molar-refractivity contribution in [2.75, 3.05) is 18.8 Å². The lowest BCUT2D eigenvalue weighted by molar-refractivity contribution is 0.385. The van der Waals surface area contributed by atoms with E-state index in [1.54, 1.807) is 0 Å². The first-order valence-corrected chi connectivity index (χ1v) is 8.13. The maximum atomic E-state index is 5.70. The number of nitrogens with zero attached hydrogens (tertiary/aromatic N) is 2. The maximum absolute atomic E-state index is 5.70. The summed E-state index contributed by atoms with van der Waals surface area (Å²) in [4.78, 5) is 0. The second kappa shape index (κ2) is 6.07. The SMILES string of the molecule is Brc1ccccc1-c1nnc(CSCC2CNC2)o1. The molecular formula is C13H14BrN3OS. The second-order valence-corrected chi connectivity index (χ2v) is 6.40. The number of nitrogens with one attached hydrogen (secondary N) is 1. The molecule has 19 heavy (non-hydrogen) atoms. The molecule has 0 aliphatic carbocycles. The van der Waals surface area contributed by atoms with E-state index in [4.69, 9.17) is 4.42 Å². The van der Waals surface area contributed by atoms with Crippen LogP contribution in [0.5, 0.6) is 0 Å². The third-order valence-electron chi connectivity index (χ3n) is 3.02. The molecule has 0 saturated carbocycles. The van der Waals surface area contributed by atoms with E-state index < -0.39 is 0 Å². The van der Waals surface area contributed by atoms with Crippen LogP contribution in [0.4, 0.5) is 0 Å². The summed E-state index contributed by atoms with van der Waals surface area (Å²) in [6.07, 6.45) is 0. The molecule has 1 aromatic heterocycles. The summed E-state index contributed by atoms with van der Waals surface area (Å²) in [6.45, 7) is 2.28.